The number of nitrogens with zero attached hydrogens (tertiary/aromatic N) is 1. The Hall–Kier alpha value is -1.93. The van der Waals surface area contributed by atoms with Gasteiger partial charge in [-0.15, -0.1) is 0 Å². The number of carbonyl (C=O) groups is 1. The van der Waals surface area contributed by atoms with Gasteiger partial charge in [0.2, 0.25) is 0 Å². The van der Waals surface area contributed by atoms with Gasteiger partial charge in [-0.05, 0) is 37.0 Å². The predicted octanol–water partition coefficient (Wildman–Crippen LogP) is 1.63. The SMILES string of the molecule is Cc1cc(CC(C#N)C(=O)NO)cc(C)c1F. The summed E-state index contributed by atoms with van der Waals surface area (Å²) in [6, 6.07) is 4.98. The lowest BCUT2D eigenvalue weighted by molar-refractivity contribution is -0.131. The Balaban J connectivity index is 2.96. The van der Waals surface area contributed by atoms with Gasteiger partial charge in [-0.3, -0.25) is 10.0 Å². The van der Waals surface area contributed by atoms with E-state index in [9.17, 15) is 9.18 Å². The van der Waals surface area contributed by atoms with Crippen molar-refractivity contribution in [2.75, 3.05) is 0 Å². The van der Waals surface area contributed by atoms with E-state index in [-0.39, 0.29) is 12.2 Å². The molecule has 4 nitrogen and oxygen atoms in total. The molecule has 1 unspecified atom stereocenters. The second-order valence-electron chi connectivity index (χ2n) is 3.91. The molecule has 0 aliphatic heterocycles. The maximum Gasteiger partial charge on any atom is 0.261 e. The zero-order chi connectivity index (χ0) is 13.0. The Kier molecular flexibility index (Phi) is 4.18. The Morgan fingerprint density at radius 3 is 2.47 bits per heavy atom. The van der Waals surface area contributed by atoms with E-state index in [4.69, 9.17) is 10.5 Å². The monoisotopic (exact) mass is 236 g/mol. The van der Waals surface area contributed by atoms with E-state index < -0.39 is 11.8 Å². The fourth-order valence-electron chi connectivity index (χ4n) is 1.66. The number of benzene rings is 1. The summed E-state index contributed by atoms with van der Waals surface area (Å²) in [4.78, 5) is 11.1. The molecule has 1 aromatic rings. The van der Waals surface area contributed by atoms with E-state index >= 15 is 0 Å². The van der Waals surface area contributed by atoms with Crippen molar-refractivity contribution in [3.05, 3.63) is 34.6 Å². The standard InChI is InChI=1S/C12H13FN2O2/c1-7-3-9(4-8(2)11(7)13)5-10(6-14)12(16)15-17/h3-4,10,17H,5H2,1-2H3,(H,15,16). The van der Waals surface area contributed by atoms with Crippen LogP contribution in [-0.2, 0) is 11.2 Å². The van der Waals surface area contributed by atoms with Gasteiger partial charge in [-0.2, -0.15) is 5.26 Å². The molecule has 1 aromatic carbocycles. The zero-order valence-electron chi connectivity index (χ0n) is 9.62. The van der Waals surface area contributed by atoms with Crippen molar-refractivity contribution in [1.82, 2.24) is 5.48 Å². The highest BCUT2D eigenvalue weighted by atomic mass is 19.1. The summed E-state index contributed by atoms with van der Waals surface area (Å²) in [5.74, 6) is -2.02. The lowest BCUT2D eigenvalue weighted by Gasteiger charge is -2.09. The van der Waals surface area contributed by atoms with Crippen molar-refractivity contribution in [2.24, 2.45) is 5.92 Å². The van der Waals surface area contributed by atoms with E-state index in [2.05, 4.69) is 0 Å². The summed E-state index contributed by atoms with van der Waals surface area (Å²) < 4.78 is 13.4. The van der Waals surface area contributed by atoms with Crippen molar-refractivity contribution in [3.63, 3.8) is 0 Å². The molecule has 1 atom stereocenters. The van der Waals surface area contributed by atoms with Gasteiger partial charge < -0.3 is 0 Å². The van der Waals surface area contributed by atoms with Crippen LogP contribution in [0.1, 0.15) is 16.7 Å². The number of amides is 1. The normalized spacial score (nSPS) is 11.7. The molecule has 0 bridgehead atoms. The first-order valence-corrected chi connectivity index (χ1v) is 5.08. The molecule has 90 valence electrons. The van der Waals surface area contributed by atoms with Crippen molar-refractivity contribution in [2.45, 2.75) is 20.3 Å². The van der Waals surface area contributed by atoms with Gasteiger partial charge in [0.05, 0.1) is 6.07 Å². The highest BCUT2D eigenvalue weighted by Gasteiger charge is 2.18. The molecular weight excluding hydrogens is 223 g/mol. The van der Waals surface area contributed by atoms with E-state index in [1.165, 1.54) is 5.48 Å². The van der Waals surface area contributed by atoms with Gasteiger partial charge in [0.15, 0.2) is 0 Å². The molecule has 17 heavy (non-hydrogen) atoms. The molecule has 0 aliphatic carbocycles. The van der Waals surface area contributed by atoms with Gasteiger partial charge >= 0.3 is 0 Å². The number of rotatable bonds is 3. The first kappa shape index (κ1) is 13.1. The zero-order valence-corrected chi connectivity index (χ0v) is 9.62. The second-order valence-corrected chi connectivity index (χ2v) is 3.91. The fraction of sp³-hybridized carbons (Fsp3) is 0.333. The molecule has 0 radical (unpaired) electrons. The number of aryl methyl sites for hydroxylation is 2. The maximum absolute atomic E-state index is 13.4. The number of hydroxylamine groups is 1. The van der Waals surface area contributed by atoms with Crippen LogP contribution in [0.3, 0.4) is 0 Å². The van der Waals surface area contributed by atoms with E-state index in [0.29, 0.717) is 16.7 Å². The van der Waals surface area contributed by atoms with Crippen LogP contribution in [-0.4, -0.2) is 11.1 Å². The number of hydrogen-bond donors (Lipinski definition) is 2. The molecule has 0 heterocycles. The van der Waals surface area contributed by atoms with Crippen LogP contribution in [0.15, 0.2) is 12.1 Å². The first-order valence-electron chi connectivity index (χ1n) is 5.08. The minimum absolute atomic E-state index is 0.144. The quantitative estimate of drug-likeness (QED) is 0.618. The van der Waals surface area contributed by atoms with E-state index in [1.54, 1.807) is 32.0 Å². The molecule has 1 rings (SSSR count). The average molecular weight is 236 g/mol. The fourth-order valence-corrected chi connectivity index (χ4v) is 1.66. The third-order valence-corrected chi connectivity index (χ3v) is 2.52. The van der Waals surface area contributed by atoms with Crippen molar-refractivity contribution < 1.29 is 14.4 Å². The minimum Gasteiger partial charge on any atom is -0.289 e. The van der Waals surface area contributed by atoms with E-state index in [1.807, 2.05) is 0 Å². The summed E-state index contributed by atoms with van der Waals surface area (Å²) in [5, 5.41) is 17.2. The smallest absolute Gasteiger partial charge is 0.261 e. The van der Waals surface area contributed by atoms with Gasteiger partial charge in [-0.25, -0.2) is 9.87 Å². The molecule has 2 N–H and O–H groups in total. The summed E-state index contributed by atoms with van der Waals surface area (Å²) in [6.45, 7) is 3.25. The third kappa shape index (κ3) is 3.02. The van der Waals surface area contributed by atoms with Crippen molar-refractivity contribution in [1.29, 1.82) is 5.26 Å². The summed E-state index contributed by atoms with van der Waals surface area (Å²) in [6.07, 6.45) is 0.144. The molecular formula is C12H13FN2O2. The van der Waals surface area contributed by atoms with Crippen LogP contribution in [0.2, 0.25) is 0 Å². The van der Waals surface area contributed by atoms with Crippen LogP contribution < -0.4 is 5.48 Å². The van der Waals surface area contributed by atoms with E-state index in [0.717, 1.165) is 0 Å². The molecule has 0 saturated heterocycles. The minimum atomic E-state index is -0.982. The molecule has 1 amide bonds. The molecule has 0 aliphatic rings. The average Bonchev–Trinajstić information content (AvgIpc) is 2.31. The van der Waals surface area contributed by atoms with Gasteiger partial charge in [0.1, 0.15) is 11.7 Å². The van der Waals surface area contributed by atoms with Gasteiger partial charge in [0, 0.05) is 0 Å². The summed E-state index contributed by atoms with van der Waals surface area (Å²) >= 11 is 0. The second kappa shape index (κ2) is 5.41. The highest BCUT2D eigenvalue weighted by molar-refractivity contribution is 5.80. The Bertz CT molecular complexity index is 457. The van der Waals surface area contributed by atoms with Gasteiger partial charge in [0.25, 0.3) is 5.91 Å². The summed E-state index contributed by atoms with van der Waals surface area (Å²) in [5.41, 5.74) is 3.08. The van der Waals surface area contributed by atoms with Crippen LogP contribution >= 0.6 is 0 Å². The summed E-state index contributed by atoms with van der Waals surface area (Å²) in [7, 11) is 0. The number of nitriles is 1. The third-order valence-electron chi connectivity index (χ3n) is 2.52. The number of halogens is 1. The van der Waals surface area contributed by atoms with Crippen LogP contribution in [0.25, 0.3) is 0 Å². The Morgan fingerprint density at radius 2 is 2.06 bits per heavy atom. The topological polar surface area (TPSA) is 73.1 Å². The molecule has 0 spiro atoms. The molecule has 0 aromatic heterocycles. The largest absolute Gasteiger partial charge is 0.289 e. The maximum atomic E-state index is 13.4. The van der Waals surface area contributed by atoms with Crippen molar-refractivity contribution >= 4 is 5.91 Å². The Morgan fingerprint density at radius 1 is 1.53 bits per heavy atom. The lowest BCUT2D eigenvalue weighted by atomic mass is 9.97. The van der Waals surface area contributed by atoms with Crippen LogP contribution in [0.4, 0.5) is 4.39 Å². The first-order chi connectivity index (χ1) is 7.99. The van der Waals surface area contributed by atoms with Crippen molar-refractivity contribution in [3.8, 4) is 6.07 Å². The van der Waals surface area contributed by atoms with Crippen LogP contribution in [0, 0.1) is 36.9 Å². The number of hydrogen-bond acceptors (Lipinski definition) is 3. The molecule has 5 heteroatoms. The lowest BCUT2D eigenvalue weighted by Crippen LogP contribution is -2.28. The highest BCUT2D eigenvalue weighted by Crippen LogP contribution is 2.17. The molecule has 0 fully saturated rings. The number of carbonyl (C=O) groups excluding carboxylic acids is 1. The molecule has 0 saturated carbocycles. The Labute approximate surface area is 98.6 Å². The van der Waals surface area contributed by atoms with Gasteiger partial charge in [-0.1, -0.05) is 12.1 Å². The predicted molar refractivity (Wildman–Crippen MR) is 58.6 cm³/mol. The number of nitrogens with one attached hydrogen (secondary N) is 1. The van der Waals surface area contributed by atoms with Crippen LogP contribution in [0.5, 0.6) is 0 Å².